The van der Waals surface area contributed by atoms with Gasteiger partial charge in [0.1, 0.15) is 11.8 Å². The van der Waals surface area contributed by atoms with Gasteiger partial charge >= 0.3 is 12.2 Å². The molecule has 2 aromatic rings. The average Bonchev–Trinajstić information content (AvgIpc) is 3.39. The van der Waals surface area contributed by atoms with Crippen LogP contribution in [0.5, 0.6) is 5.75 Å². The number of carbonyl (C=O) groups excluding carboxylic acids is 3. The molecule has 4 amide bonds. The first-order valence-electron chi connectivity index (χ1n) is 12.2. The maximum Gasteiger partial charge on any atom is 0.416 e. The normalized spacial score (nSPS) is 18.3. The number of ether oxygens (including phenoxy) is 1. The lowest BCUT2D eigenvalue weighted by atomic mass is 9.95. The Bertz CT molecular complexity index is 1180. The van der Waals surface area contributed by atoms with Crippen LogP contribution in [0.15, 0.2) is 42.5 Å². The second-order valence-electron chi connectivity index (χ2n) is 9.29. The molecule has 4 rings (SSSR count). The van der Waals surface area contributed by atoms with Gasteiger partial charge in [-0.15, -0.1) is 0 Å². The highest BCUT2D eigenvalue weighted by Gasteiger charge is 2.39. The number of likely N-dealkylation sites (tertiary alicyclic amines) is 2. The maximum atomic E-state index is 13.3. The number of halogens is 4. The molecule has 2 saturated heterocycles. The van der Waals surface area contributed by atoms with Crippen LogP contribution in [-0.4, -0.2) is 60.4 Å². The zero-order chi connectivity index (χ0) is 27.4. The van der Waals surface area contributed by atoms with Crippen LogP contribution in [0.2, 0.25) is 5.02 Å². The molecule has 0 unspecified atom stereocenters. The molecule has 0 aliphatic carbocycles. The standard InChI is InChI=1S/C26H28ClF3N4O4/c1-38-19-7-5-18(6-8-19)31-23(35)16-10-13-33(14-11-16)24(36)22-3-2-12-34(22)25(37)32-21-15-17(26(28,29)30)4-9-20(21)27/h4-9,15-16,22H,2-3,10-14H2,1H3,(H,31,35)(H,32,37)/t22-/m0/s1. The van der Waals surface area contributed by atoms with Crippen molar-refractivity contribution in [2.45, 2.75) is 37.9 Å². The molecule has 0 spiro atoms. The summed E-state index contributed by atoms with van der Waals surface area (Å²) in [5.41, 5.74) is -0.457. The van der Waals surface area contributed by atoms with E-state index in [1.807, 2.05) is 0 Å². The molecule has 204 valence electrons. The van der Waals surface area contributed by atoms with Crippen LogP contribution in [0, 0.1) is 5.92 Å². The van der Waals surface area contributed by atoms with Gasteiger partial charge in [0.2, 0.25) is 11.8 Å². The van der Waals surface area contributed by atoms with Gasteiger partial charge in [-0.2, -0.15) is 13.2 Å². The van der Waals surface area contributed by atoms with Crippen molar-refractivity contribution in [2.75, 3.05) is 37.4 Å². The summed E-state index contributed by atoms with van der Waals surface area (Å²) in [6.07, 6.45) is -2.60. The van der Waals surface area contributed by atoms with Crippen LogP contribution in [0.1, 0.15) is 31.2 Å². The Morgan fingerprint density at radius 3 is 2.29 bits per heavy atom. The monoisotopic (exact) mass is 552 g/mol. The summed E-state index contributed by atoms with van der Waals surface area (Å²) >= 11 is 6.01. The Morgan fingerprint density at radius 1 is 0.974 bits per heavy atom. The Morgan fingerprint density at radius 2 is 1.66 bits per heavy atom. The minimum atomic E-state index is -4.59. The predicted molar refractivity (Wildman–Crippen MR) is 136 cm³/mol. The van der Waals surface area contributed by atoms with Crippen LogP contribution >= 0.6 is 11.6 Å². The number of rotatable bonds is 5. The lowest BCUT2D eigenvalue weighted by molar-refractivity contribution is -0.138. The molecule has 2 aliphatic rings. The van der Waals surface area contributed by atoms with Crippen LogP contribution < -0.4 is 15.4 Å². The number of urea groups is 1. The van der Waals surface area contributed by atoms with Gasteiger partial charge < -0.3 is 25.2 Å². The third kappa shape index (κ3) is 6.32. The fraction of sp³-hybridized carbons (Fsp3) is 0.423. The van der Waals surface area contributed by atoms with E-state index in [0.717, 1.165) is 18.2 Å². The smallest absolute Gasteiger partial charge is 0.416 e. The van der Waals surface area contributed by atoms with Crippen LogP contribution in [0.4, 0.5) is 29.3 Å². The summed E-state index contributed by atoms with van der Waals surface area (Å²) in [4.78, 5) is 41.9. The van der Waals surface area contributed by atoms with Crippen molar-refractivity contribution in [3.63, 3.8) is 0 Å². The third-order valence-corrected chi connectivity index (χ3v) is 7.20. The highest BCUT2D eigenvalue weighted by Crippen LogP contribution is 2.34. The zero-order valence-corrected chi connectivity index (χ0v) is 21.4. The Kier molecular flexibility index (Phi) is 8.35. The maximum absolute atomic E-state index is 13.3. The van der Waals surface area contributed by atoms with Crippen molar-refractivity contribution in [1.82, 2.24) is 9.80 Å². The van der Waals surface area contributed by atoms with Gasteiger partial charge in [-0.1, -0.05) is 11.6 Å². The van der Waals surface area contributed by atoms with E-state index in [2.05, 4.69) is 10.6 Å². The van der Waals surface area contributed by atoms with Gasteiger partial charge in [0.15, 0.2) is 0 Å². The Labute approximate surface area is 223 Å². The van der Waals surface area contributed by atoms with E-state index in [9.17, 15) is 27.6 Å². The molecule has 0 bridgehead atoms. The molecule has 12 heteroatoms. The Hall–Kier alpha value is -3.47. The summed E-state index contributed by atoms with van der Waals surface area (Å²) < 4.78 is 44.4. The van der Waals surface area contributed by atoms with Crippen LogP contribution in [0.3, 0.4) is 0 Å². The van der Waals surface area contributed by atoms with Crippen molar-refractivity contribution < 1.29 is 32.3 Å². The molecule has 0 radical (unpaired) electrons. The first-order chi connectivity index (χ1) is 18.1. The zero-order valence-electron chi connectivity index (χ0n) is 20.7. The number of alkyl halides is 3. The molecule has 0 aromatic heterocycles. The quantitative estimate of drug-likeness (QED) is 0.531. The molecule has 0 saturated carbocycles. The Balaban J connectivity index is 1.33. The van der Waals surface area contributed by atoms with Crippen molar-refractivity contribution in [1.29, 1.82) is 0 Å². The molecule has 2 N–H and O–H groups in total. The first-order valence-corrected chi connectivity index (χ1v) is 12.6. The molecule has 1 atom stereocenters. The van der Waals surface area contributed by atoms with Gasteiger partial charge in [-0.25, -0.2) is 4.79 Å². The number of carbonyl (C=O) groups is 3. The number of methoxy groups -OCH3 is 1. The second kappa shape index (κ2) is 11.5. The number of nitrogens with one attached hydrogen (secondary N) is 2. The predicted octanol–water partition coefficient (Wildman–Crippen LogP) is 5.24. The van der Waals surface area contributed by atoms with Crippen molar-refractivity contribution >= 4 is 40.8 Å². The van der Waals surface area contributed by atoms with E-state index in [1.165, 1.54) is 4.90 Å². The number of hydrogen-bond acceptors (Lipinski definition) is 4. The first kappa shape index (κ1) is 27.6. The summed E-state index contributed by atoms with van der Waals surface area (Å²) in [7, 11) is 1.56. The lowest BCUT2D eigenvalue weighted by Crippen LogP contribution is -2.51. The number of piperidine rings is 1. The fourth-order valence-electron chi connectivity index (χ4n) is 4.74. The lowest BCUT2D eigenvalue weighted by Gasteiger charge is -2.35. The molecule has 38 heavy (non-hydrogen) atoms. The molecule has 2 fully saturated rings. The summed E-state index contributed by atoms with van der Waals surface area (Å²) in [5.74, 6) is 0.0680. The number of amides is 4. The van der Waals surface area contributed by atoms with E-state index in [0.29, 0.717) is 56.8 Å². The SMILES string of the molecule is COc1ccc(NC(=O)C2CCN(C(=O)[C@@H]3CCCN3C(=O)Nc3cc(C(F)(F)F)ccc3Cl)CC2)cc1. The fourth-order valence-corrected chi connectivity index (χ4v) is 4.91. The van der Waals surface area contributed by atoms with Crippen LogP contribution in [-0.2, 0) is 15.8 Å². The molecule has 2 aliphatic heterocycles. The summed E-state index contributed by atoms with van der Waals surface area (Å²) in [6, 6.07) is 8.27. The molecule has 2 heterocycles. The second-order valence-corrected chi connectivity index (χ2v) is 9.70. The molecule has 2 aromatic carbocycles. The van der Waals surface area contributed by atoms with Gasteiger partial charge in [0.05, 0.1) is 23.4 Å². The summed E-state index contributed by atoms with van der Waals surface area (Å²) in [6.45, 7) is 1.02. The number of nitrogens with zero attached hydrogens (tertiary/aromatic N) is 2. The number of benzene rings is 2. The number of anilines is 2. The van der Waals surface area contributed by atoms with Gasteiger partial charge in [0, 0.05) is 31.2 Å². The van der Waals surface area contributed by atoms with E-state index >= 15 is 0 Å². The van der Waals surface area contributed by atoms with Crippen molar-refractivity contribution in [3.8, 4) is 5.75 Å². The van der Waals surface area contributed by atoms with Gasteiger partial charge in [0.25, 0.3) is 0 Å². The van der Waals surface area contributed by atoms with Gasteiger partial charge in [-0.3, -0.25) is 9.59 Å². The minimum absolute atomic E-state index is 0.0385. The molecular formula is C26H28ClF3N4O4. The number of hydrogen-bond donors (Lipinski definition) is 2. The van der Waals surface area contributed by atoms with Crippen molar-refractivity contribution in [3.05, 3.63) is 53.1 Å². The summed E-state index contributed by atoms with van der Waals surface area (Å²) in [5, 5.41) is 5.27. The van der Waals surface area contributed by atoms with E-state index < -0.39 is 23.8 Å². The average molecular weight is 553 g/mol. The minimum Gasteiger partial charge on any atom is -0.497 e. The van der Waals surface area contributed by atoms with E-state index in [1.54, 1.807) is 36.3 Å². The molecule has 8 nitrogen and oxygen atoms in total. The highest BCUT2D eigenvalue weighted by molar-refractivity contribution is 6.33. The van der Waals surface area contributed by atoms with E-state index in [-0.39, 0.29) is 28.4 Å². The van der Waals surface area contributed by atoms with Crippen molar-refractivity contribution in [2.24, 2.45) is 5.92 Å². The van der Waals surface area contributed by atoms with Gasteiger partial charge in [-0.05, 0) is 68.1 Å². The van der Waals surface area contributed by atoms with E-state index in [4.69, 9.17) is 16.3 Å². The molecular weight excluding hydrogens is 525 g/mol. The largest absolute Gasteiger partial charge is 0.497 e. The highest BCUT2D eigenvalue weighted by atomic mass is 35.5. The topological polar surface area (TPSA) is 91.0 Å². The third-order valence-electron chi connectivity index (χ3n) is 6.87. The van der Waals surface area contributed by atoms with Crippen LogP contribution in [0.25, 0.3) is 0 Å².